The summed E-state index contributed by atoms with van der Waals surface area (Å²) in [4.78, 5) is 2.16. The summed E-state index contributed by atoms with van der Waals surface area (Å²) in [6.45, 7) is 1.32. The van der Waals surface area contributed by atoms with Gasteiger partial charge in [-0.2, -0.15) is 4.31 Å². The van der Waals surface area contributed by atoms with Gasteiger partial charge in [0.15, 0.2) is 5.82 Å². The molecule has 2 aliphatic rings. The lowest BCUT2D eigenvalue weighted by Gasteiger charge is -2.17. The van der Waals surface area contributed by atoms with Crippen LogP contribution in [-0.4, -0.2) is 62.8 Å². The summed E-state index contributed by atoms with van der Waals surface area (Å²) < 4.78 is 38.6. The molecule has 1 atom stereocenters. The molecule has 4 rings (SSSR count). The number of rotatable bonds is 5. The van der Waals surface area contributed by atoms with Gasteiger partial charge in [0.05, 0.1) is 18.0 Å². The molecule has 1 aromatic carbocycles. The standard InChI is InChI=1S/C18H22N4O4S/c1-21(2)17-5-6-18(20-19-17)26-14-7-9-22(12-14)27(23,24)15-3-4-16-13(11-15)8-10-25-16/h3-6,11,14H,7-10,12H2,1-2H3/t14-/m1/s1. The zero-order valence-corrected chi connectivity index (χ0v) is 16.1. The first-order valence-electron chi connectivity index (χ1n) is 8.87. The van der Waals surface area contributed by atoms with Gasteiger partial charge < -0.3 is 14.4 Å². The van der Waals surface area contributed by atoms with Crippen molar-refractivity contribution in [2.45, 2.75) is 23.8 Å². The first-order chi connectivity index (χ1) is 12.9. The molecule has 144 valence electrons. The molecule has 8 nitrogen and oxygen atoms in total. The summed E-state index contributed by atoms with van der Waals surface area (Å²) in [6, 6.07) is 8.63. The fourth-order valence-corrected chi connectivity index (χ4v) is 4.81. The molecule has 0 amide bonds. The van der Waals surface area contributed by atoms with Gasteiger partial charge in [-0.05, 0) is 36.2 Å². The summed E-state index contributed by atoms with van der Waals surface area (Å²) in [7, 11) is 0.220. The third-order valence-corrected chi connectivity index (χ3v) is 6.64. The van der Waals surface area contributed by atoms with Crippen LogP contribution in [0.2, 0.25) is 0 Å². The summed E-state index contributed by atoms with van der Waals surface area (Å²) in [6.07, 6.45) is 1.12. The molecule has 0 N–H and O–H groups in total. The Morgan fingerprint density at radius 1 is 1.22 bits per heavy atom. The van der Waals surface area contributed by atoms with Crippen LogP contribution in [0.5, 0.6) is 11.6 Å². The minimum absolute atomic E-state index is 0.239. The van der Waals surface area contributed by atoms with Crippen molar-refractivity contribution >= 4 is 15.8 Å². The number of sulfonamides is 1. The lowest BCUT2D eigenvalue weighted by Crippen LogP contribution is -2.31. The fraction of sp³-hybridized carbons (Fsp3) is 0.444. The van der Waals surface area contributed by atoms with Crippen molar-refractivity contribution in [1.29, 1.82) is 0 Å². The molecule has 0 radical (unpaired) electrons. The maximum Gasteiger partial charge on any atom is 0.243 e. The lowest BCUT2D eigenvalue weighted by atomic mass is 10.2. The average molecular weight is 390 g/mol. The second-order valence-corrected chi connectivity index (χ2v) is 8.82. The van der Waals surface area contributed by atoms with Crippen molar-refractivity contribution in [3.63, 3.8) is 0 Å². The molecule has 0 bridgehead atoms. The predicted octanol–water partition coefficient (Wildman–Crippen LogP) is 1.32. The highest BCUT2D eigenvalue weighted by Gasteiger charge is 2.34. The van der Waals surface area contributed by atoms with E-state index in [-0.39, 0.29) is 6.10 Å². The van der Waals surface area contributed by atoms with E-state index in [4.69, 9.17) is 9.47 Å². The first-order valence-corrected chi connectivity index (χ1v) is 10.3. The van der Waals surface area contributed by atoms with E-state index in [1.165, 1.54) is 4.31 Å². The minimum Gasteiger partial charge on any atom is -0.493 e. The molecule has 2 aromatic rings. The van der Waals surface area contributed by atoms with Crippen molar-refractivity contribution < 1.29 is 17.9 Å². The van der Waals surface area contributed by atoms with E-state index < -0.39 is 10.0 Å². The van der Waals surface area contributed by atoms with Gasteiger partial charge >= 0.3 is 0 Å². The zero-order chi connectivity index (χ0) is 19.0. The van der Waals surface area contributed by atoms with E-state index in [0.29, 0.717) is 36.9 Å². The molecule has 1 fully saturated rings. The van der Waals surface area contributed by atoms with Crippen molar-refractivity contribution in [2.75, 3.05) is 38.7 Å². The number of benzene rings is 1. The number of fused-ring (bicyclic) bond motifs is 1. The highest BCUT2D eigenvalue weighted by Crippen LogP contribution is 2.30. The van der Waals surface area contributed by atoms with Crippen molar-refractivity contribution in [3.8, 4) is 11.6 Å². The Morgan fingerprint density at radius 3 is 2.81 bits per heavy atom. The van der Waals surface area contributed by atoms with E-state index in [2.05, 4.69) is 10.2 Å². The molecule has 3 heterocycles. The summed E-state index contributed by atoms with van der Waals surface area (Å²) in [5.41, 5.74) is 0.944. The summed E-state index contributed by atoms with van der Waals surface area (Å²) in [5.74, 6) is 1.91. The average Bonchev–Trinajstić information content (AvgIpc) is 3.31. The smallest absolute Gasteiger partial charge is 0.243 e. The topological polar surface area (TPSA) is 84.9 Å². The van der Waals surface area contributed by atoms with Crippen LogP contribution in [0.25, 0.3) is 0 Å². The van der Waals surface area contributed by atoms with Gasteiger partial charge in [0.1, 0.15) is 11.9 Å². The summed E-state index contributed by atoms with van der Waals surface area (Å²) in [5, 5.41) is 8.13. The Labute approximate surface area is 158 Å². The van der Waals surface area contributed by atoms with Crippen LogP contribution in [0.3, 0.4) is 0 Å². The largest absolute Gasteiger partial charge is 0.493 e. The van der Waals surface area contributed by atoms with E-state index in [1.807, 2.05) is 25.1 Å². The molecular formula is C18H22N4O4S. The Kier molecular flexibility index (Phi) is 4.65. The molecule has 0 aliphatic carbocycles. The van der Waals surface area contributed by atoms with Gasteiger partial charge in [-0.15, -0.1) is 10.2 Å². The van der Waals surface area contributed by atoms with E-state index >= 15 is 0 Å². The number of anilines is 1. The van der Waals surface area contributed by atoms with E-state index in [1.54, 1.807) is 24.3 Å². The van der Waals surface area contributed by atoms with Crippen LogP contribution in [0.1, 0.15) is 12.0 Å². The van der Waals surface area contributed by atoms with Gasteiger partial charge in [0.2, 0.25) is 15.9 Å². The van der Waals surface area contributed by atoms with Gasteiger partial charge in [-0.1, -0.05) is 0 Å². The molecule has 0 spiro atoms. The molecule has 0 saturated carbocycles. The van der Waals surface area contributed by atoms with Crippen LogP contribution in [-0.2, 0) is 16.4 Å². The molecule has 1 saturated heterocycles. The Morgan fingerprint density at radius 2 is 2.07 bits per heavy atom. The highest BCUT2D eigenvalue weighted by atomic mass is 32.2. The number of hydrogen-bond donors (Lipinski definition) is 0. The van der Waals surface area contributed by atoms with Gasteiger partial charge in [-0.25, -0.2) is 8.42 Å². The van der Waals surface area contributed by atoms with Gasteiger partial charge in [0.25, 0.3) is 0 Å². The normalized spacial score (nSPS) is 19.6. The second kappa shape index (κ2) is 6.97. The maximum absolute atomic E-state index is 12.9. The Bertz CT molecular complexity index is 931. The highest BCUT2D eigenvalue weighted by molar-refractivity contribution is 7.89. The monoisotopic (exact) mass is 390 g/mol. The van der Waals surface area contributed by atoms with Crippen molar-refractivity contribution in [1.82, 2.24) is 14.5 Å². The minimum atomic E-state index is -3.55. The van der Waals surface area contributed by atoms with Crippen LogP contribution >= 0.6 is 0 Å². The molecule has 9 heteroatoms. The molecule has 0 unspecified atom stereocenters. The SMILES string of the molecule is CN(C)c1ccc(O[C@@H]2CCN(S(=O)(=O)c3ccc4c(c3)CCO4)C2)nn1. The fourth-order valence-electron chi connectivity index (χ4n) is 3.27. The van der Waals surface area contributed by atoms with E-state index in [9.17, 15) is 8.42 Å². The van der Waals surface area contributed by atoms with Crippen LogP contribution in [0.15, 0.2) is 35.2 Å². The number of ether oxygens (including phenoxy) is 2. The quantitative estimate of drug-likeness (QED) is 0.761. The second-order valence-electron chi connectivity index (χ2n) is 6.88. The first kappa shape index (κ1) is 18.0. The maximum atomic E-state index is 12.9. The van der Waals surface area contributed by atoms with Gasteiger partial charge in [-0.3, -0.25) is 0 Å². The van der Waals surface area contributed by atoms with Gasteiger partial charge in [0, 0.05) is 33.1 Å². The zero-order valence-electron chi connectivity index (χ0n) is 15.3. The molecule has 27 heavy (non-hydrogen) atoms. The van der Waals surface area contributed by atoms with Crippen LogP contribution in [0.4, 0.5) is 5.82 Å². The third kappa shape index (κ3) is 3.57. The van der Waals surface area contributed by atoms with E-state index in [0.717, 1.165) is 23.6 Å². The van der Waals surface area contributed by atoms with Crippen LogP contribution < -0.4 is 14.4 Å². The predicted molar refractivity (Wildman–Crippen MR) is 99.8 cm³/mol. The third-order valence-electron chi connectivity index (χ3n) is 4.78. The number of hydrogen-bond acceptors (Lipinski definition) is 7. The van der Waals surface area contributed by atoms with Crippen LogP contribution in [0, 0.1) is 0 Å². The summed E-state index contributed by atoms with van der Waals surface area (Å²) >= 11 is 0. The lowest BCUT2D eigenvalue weighted by molar-refractivity contribution is 0.204. The number of aromatic nitrogens is 2. The number of nitrogens with zero attached hydrogens (tertiary/aromatic N) is 4. The molecule has 1 aromatic heterocycles. The molecular weight excluding hydrogens is 368 g/mol. The van der Waals surface area contributed by atoms with Crippen molar-refractivity contribution in [2.24, 2.45) is 0 Å². The Hall–Kier alpha value is -2.39. The molecule has 2 aliphatic heterocycles. The van der Waals surface area contributed by atoms with Crippen molar-refractivity contribution in [3.05, 3.63) is 35.9 Å². The Balaban J connectivity index is 1.44.